The summed E-state index contributed by atoms with van der Waals surface area (Å²) in [4.78, 5) is 13.0. The number of rotatable bonds is 6. The largest absolute Gasteiger partial charge is 0.360 e. The number of sulfonamides is 1. The average molecular weight is 428 g/mol. The minimum absolute atomic E-state index is 0.201. The minimum atomic E-state index is -3.88. The van der Waals surface area contributed by atoms with Crippen LogP contribution in [0.5, 0.6) is 0 Å². The highest BCUT2D eigenvalue weighted by Gasteiger charge is 2.35. The lowest BCUT2D eigenvalue weighted by atomic mass is 9.95. The van der Waals surface area contributed by atoms with Crippen molar-refractivity contribution in [1.29, 1.82) is 0 Å². The van der Waals surface area contributed by atoms with E-state index >= 15 is 0 Å². The fraction of sp³-hybridized carbons (Fsp3) is 0.364. The Balaban J connectivity index is 1.68. The van der Waals surface area contributed by atoms with Crippen molar-refractivity contribution in [2.24, 2.45) is 0 Å². The first-order valence-electron chi connectivity index (χ1n) is 10.2. The Morgan fingerprint density at radius 2 is 1.87 bits per heavy atom. The van der Waals surface area contributed by atoms with Crippen molar-refractivity contribution in [2.75, 3.05) is 11.9 Å². The van der Waals surface area contributed by atoms with Crippen LogP contribution in [0.3, 0.4) is 0 Å². The Bertz CT molecular complexity index is 1140. The maximum atomic E-state index is 13.7. The van der Waals surface area contributed by atoms with Gasteiger partial charge in [-0.25, -0.2) is 8.42 Å². The van der Waals surface area contributed by atoms with Gasteiger partial charge in [0.1, 0.15) is 5.76 Å². The van der Waals surface area contributed by atoms with E-state index < -0.39 is 15.9 Å². The van der Waals surface area contributed by atoms with E-state index in [1.165, 1.54) is 4.31 Å². The van der Waals surface area contributed by atoms with Crippen LogP contribution in [0.25, 0.3) is 10.8 Å². The highest BCUT2D eigenvalue weighted by Crippen LogP contribution is 2.31. The molecule has 1 amide bonds. The number of nitrogens with one attached hydrogen (secondary N) is 1. The number of amides is 1. The number of carbonyl (C=O) groups is 1. The van der Waals surface area contributed by atoms with E-state index in [9.17, 15) is 13.2 Å². The third-order valence-corrected chi connectivity index (χ3v) is 7.47. The number of hydrogen-bond donors (Lipinski definition) is 1. The molecule has 1 saturated carbocycles. The van der Waals surface area contributed by atoms with E-state index in [1.807, 2.05) is 24.3 Å². The van der Waals surface area contributed by atoms with E-state index in [2.05, 4.69) is 10.5 Å². The molecule has 0 radical (unpaired) electrons. The normalized spacial score (nSPS) is 15.5. The van der Waals surface area contributed by atoms with Crippen molar-refractivity contribution >= 4 is 32.5 Å². The van der Waals surface area contributed by atoms with Crippen LogP contribution in [-0.4, -0.2) is 36.4 Å². The molecule has 0 spiro atoms. The standard InChI is InChI=1S/C22H25N3O4S/c1-16-14-21(24-29-16)23-22(26)15-25(18-10-3-2-4-11-18)30(27,28)20-13-7-9-17-8-5-6-12-19(17)20/h5-9,12-14,18H,2-4,10-11,15H2,1H3,(H,23,24,26). The highest BCUT2D eigenvalue weighted by atomic mass is 32.2. The fourth-order valence-electron chi connectivity index (χ4n) is 4.08. The van der Waals surface area contributed by atoms with Crippen LogP contribution in [0.2, 0.25) is 0 Å². The van der Waals surface area contributed by atoms with Crippen LogP contribution in [0.1, 0.15) is 37.9 Å². The third kappa shape index (κ3) is 4.24. The SMILES string of the molecule is Cc1cc(NC(=O)CN(C2CCCCC2)S(=O)(=O)c2cccc3ccccc23)no1. The van der Waals surface area contributed by atoms with Crippen molar-refractivity contribution in [3.63, 3.8) is 0 Å². The number of aryl methyl sites for hydroxylation is 1. The maximum absolute atomic E-state index is 13.7. The van der Waals surface area contributed by atoms with E-state index in [0.717, 1.165) is 37.5 Å². The molecule has 1 fully saturated rings. The molecular weight excluding hydrogens is 402 g/mol. The molecule has 1 aromatic heterocycles. The van der Waals surface area contributed by atoms with Gasteiger partial charge in [-0.1, -0.05) is 60.8 Å². The summed E-state index contributed by atoms with van der Waals surface area (Å²) in [5, 5.41) is 7.92. The van der Waals surface area contributed by atoms with Gasteiger partial charge >= 0.3 is 0 Å². The number of nitrogens with zero attached hydrogens (tertiary/aromatic N) is 2. The fourth-order valence-corrected chi connectivity index (χ4v) is 5.93. The van der Waals surface area contributed by atoms with Crippen LogP contribution < -0.4 is 5.32 Å². The van der Waals surface area contributed by atoms with E-state index in [4.69, 9.17) is 4.52 Å². The summed E-state index contributed by atoms with van der Waals surface area (Å²) in [6.45, 7) is 1.46. The van der Waals surface area contributed by atoms with Crippen LogP contribution in [0, 0.1) is 6.92 Å². The van der Waals surface area contributed by atoms with E-state index in [1.54, 1.807) is 31.2 Å². The number of benzene rings is 2. The Morgan fingerprint density at radius 1 is 1.13 bits per heavy atom. The third-order valence-electron chi connectivity index (χ3n) is 5.51. The highest BCUT2D eigenvalue weighted by molar-refractivity contribution is 7.89. The molecule has 1 aliphatic carbocycles. The van der Waals surface area contributed by atoms with Crippen molar-refractivity contribution in [1.82, 2.24) is 9.46 Å². The second-order valence-corrected chi connectivity index (χ2v) is 9.55. The summed E-state index contributed by atoms with van der Waals surface area (Å²) >= 11 is 0. The summed E-state index contributed by atoms with van der Waals surface area (Å²) < 4.78 is 33.8. The zero-order valence-electron chi connectivity index (χ0n) is 16.9. The summed E-state index contributed by atoms with van der Waals surface area (Å²) in [6, 6.07) is 14.0. The van der Waals surface area contributed by atoms with Crippen LogP contribution in [0.4, 0.5) is 5.82 Å². The molecule has 2 aromatic carbocycles. The number of carbonyl (C=O) groups excluding carboxylic acids is 1. The van der Waals surface area contributed by atoms with E-state index in [0.29, 0.717) is 11.1 Å². The van der Waals surface area contributed by atoms with Gasteiger partial charge in [-0.3, -0.25) is 4.79 Å². The predicted octanol–water partition coefficient (Wildman–Crippen LogP) is 4.10. The molecule has 8 heteroatoms. The monoisotopic (exact) mass is 427 g/mol. The Labute approximate surface area is 176 Å². The lowest BCUT2D eigenvalue weighted by Gasteiger charge is -2.33. The van der Waals surface area contributed by atoms with Crippen LogP contribution in [-0.2, 0) is 14.8 Å². The molecule has 0 saturated heterocycles. The van der Waals surface area contributed by atoms with Gasteiger partial charge in [0.25, 0.3) is 0 Å². The maximum Gasteiger partial charge on any atom is 0.244 e. The smallest absolute Gasteiger partial charge is 0.244 e. The van der Waals surface area contributed by atoms with Gasteiger partial charge in [-0.05, 0) is 31.2 Å². The average Bonchev–Trinajstić information content (AvgIpc) is 3.16. The molecule has 7 nitrogen and oxygen atoms in total. The second kappa shape index (κ2) is 8.57. The first-order valence-corrected chi connectivity index (χ1v) is 11.6. The molecule has 158 valence electrons. The lowest BCUT2D eigenvalue weighted by Crippen LogP contribution is -2.45. The second-order valence-electron chi connectivity index (χ2n) is 7.69. The molecule has 4 rings (SSSR count). The van der Waals surface area contributed by atoms with Gasteiger partial charge in [0.05, 0.1) is 11.4 Å². The van der Waals surface area contributed by atoms with Gasteiger partial charge in [0.15, 0.2) is 5.82 Å². The molecule has 1 heterocycles. The molecule has 0 aliphatic heterocycles. The summed E-state index contributed by atoms with van der Waals surface area (Å²) in [7, 11) is -3.88. The summed E-state index contributed by atoms with van der Waals surface area (Å²) in [5.74, 6) is 0.416. The first-order chi connectivity index (χ1) is 14.4. The number of fused-ring (bicyclic) bond motifs is 1. The molecule has 1 aliphatic rings. The molecule has 3 aromatic rings. The molecule has 30 heavy (non-hydrogen) atoms. The number of anilines is 1. The molecule has 0 unspecified atom stereocenters. The van der Waals surface area contributed by atoms with Crippen LogP contribution >= 0.6 is 0 Å². The van der Waals surface area contributed by atoms with Crippen molar-refractivity contribution < 1.29 is 17.7 Å². The van der Waals surface area contributed by atoms with Crippen molar-refractivity contribution in [2.45, 2.75) is 50.0 Å². The first kappa shape index (κ1) is 20.6. The van der Waals surface area contributed by atoms with Gasteiger partial charge < -0.3 is 9.84 Å². The molecule has 1 N–H and O–H groups in total. The summed E-state index contributed by atoms with van der Waals surface area (Å²) in [5.41, 5.74) is 0. The van der Waals surface area contributed by atoms with Gasteiger partial charge in [-0.15, -0.1) is 0 Å². The number of aromatic nitrogens is 1. The van der Waals surface area contributed by atoms with Crippen molar-refractivity contribution in [3.8, 4) is 0 Å². The summed E-state index contributed by atoms with van der Waals surface area (Å²) in [6.07, 6.45) is 4.50. The molecular formula is C22H25N3O4S. The van der Waals surface area contributed by atoms with Gasteiger partial charge in [0.2, 0.25) is 15.9 Å². The lowest BCUT2D eigenvalue weighted by molar-refractivity contribution is -0.116. The quantitative estimate of drug-likeness (QED) is 0.639. The zero-order valence-corrected chi connectivity index (χ0v) is 17.7. The minimum Gasteiger partial charge on any atom is -0.360 e. The molecule has 0 bridgehead atoms. The zero-order chi connectivity index (χ0) is 21.1. The Kier molecular flexibility index (Phi) is 5.87. The van der Waals surface area contributed by atoms with Gasteiger partial charge in [0, 0.05) is 17.5 Å². The van der Waals surface area contributed by atoms with E-state index in [-0.39, 0.29) is 23.3 Å². The van der Waals surface area contributed by atoms with Crippen LogP contribution in [0.15, 0.2) is 57.9 Å². The van der Waals surface area contributed by atoms with Crippen molar-refractivity contribution in [3.05, 3.63) is 54.3 Å². The predicted molar refractivity (Wildman–Crippen MR) is 115 cm³/mol. The molecule has 0 atom stereocenters. The topological polar surface area (TPSA) is 92.5 Å². The Morgan fingerprint density at radius 3 is 2.60 bits per heavy atom. The Hall–Kier alpha value is -2.71. The van der Waals surface area contributed by atoms with Gasteiger partial charge in [-0.2, -0.15) is 4.31 Å². The number of hydrogen-bond acceptors (Lipinski definition) is 5.